The Kier molecular flexibility index (Phi) is 3.72. The number of hydrogen-bond donors (Lipinski definition) is 2. The molecule has 102 valence electrons. The maximum absolute atomic E-state index is 12.1. The molecule has 3 rings (SSSR count). The minimum atomic E-state index is -0.201. The van der Waals surface area contributed by atoms with Gasteiger partial charge in [0.05, 0.1) is 20.7 Å². The molecule has 1 amide bonds. The number of anilines is 1. The van der Waals surface area contributed by atoms with Gasteiger partial charge in [-0.05, 0) is 24.7 Å². The van der Waals surface area contributed by atoms with E-state index in [1.54, 1.807) is 22.2 Å². The number of carbonyl (C=O) groups is 1. The number of nitrogens with two attached hydrogens (primary N) is 1. The molecule has 0 aliphatic heterocycles. The molecule has 0 spiro atoms. The average molecular weight is 304 g/mol. The molecule has 0 radical (unpaired) electrons. The minimum absolute atomic E-state index is 0.201. The Balaban J connectivity index is 1.76. The van der Waals surface area contributed by atoms with Gasteiger partial charge in [0.15, 0.2) is 0 Å². The Labute approximate surface area is 123 Å². The van der Waals surface area contributed by atoms with Gasteiger partial charge in [-0.1, -0.05) is 0 Å². The van der Waals surface area contributed by atoms with Crippen LogP contribution < -0.4 is 11.1 Å². The number of nitrogens with one attached hydrogen (secondary N) is 1. The molecule has 5 nitrogen and oxygen atoms in total. The van der Waals surface area contributed by atoms with E-state index in [0.29, 0.717) is 18.7 Å². The molecule has 0 unspecified atom stereocenters. The van der Waals surface area contributed by atoms with Crippen LogP contribution >= 0.6 is 22.7 Å². The van der Waals surface area contributed by atoms with Crippen molar-refractivity contribution >= 4 is 44.5 Å². The predicted molar refractivity (Wildman–Crippen MR) is 82.4 cm³/mol. The van der Waals surface area contributed by atoms with Crippen LogP contribution in [0, 0.1) is 0 Å². The van der Waals surface area contributed by atoms with Crippen LogP contribution in [0.15, 0.2) is 29.1 Å². The van der Waals surface area contributed by atoms with E-state index in [2.05, 4.69) is 15.3 Å². The predicted octanol–water partition coefficient (Wildman–Crippen LogP) is 2.51. The lowest BCUT2D eigenvalue weighted by molar-refractivity contribution is 0.102. The number of fused-ring (bicyclic) bond motifs is 1. The Morgan fingerprint density at radius 1 is 1.35 bits per heavy atom. The molecule has 2 heterocycles. The zero-order valence-corrected chi connectivity index (χ0v) is 12.1. The number of benzene rings is 1. The SMILES string of the molecule is NCCc1nc(C(=O)Nc2ccc3ncsc3c2)cs1. The summed E-state index contributed by atoms with van der Waals surface area (Å²) in [7, 11) is 0. The summed E-state index contributed by atoms with van der Waals surface area (Å²) in [5, 5.41) is 5.49. The van der Waals surface area contributed by atoms with Crippen LogP contribution in [0.25, 0.3) is 10.2 Å². The van der Waals surface area contributed by atoms with E-state index in [-0.39, 0.29) is 5.91 Å². The quantitative estimate of drug-likeness (QED) is 0.776. The van der Waals surface area contributed by atoms with Crippen molar-refractivity contribution in [2.45, 2.75) is 6.42 Å². The van der Waals surface area contributed by atoms with Crippen LogP contribution in [-0.4, -0.2) is 22.4 Å². The number of nitrogens with zero attached hydrogens (tertiary/aromatic N) is 2. The molecule has 0 aliphatic rings. The number of amides is 1. The number of carbonyl (C=O) groups excluding carboxylic acids is 1. The maximum atomic E-state index is 12.1. The third kappa shape index (κ3) is 2.69. The first-order chi connectivity index (χ1) is 9.76. The molecule has 0 saturated heterocycles. The number of aromatic nitrogens is 2. The molecule has 3 N–H and O–H groups in total. The second-order valence-electron chi connectivity index (χ2n) is 4.15. The van der Waals surface area contributed by atoms with E-state index < -0.39 is 0 Å². The monoisotopic (exact) mass is 304 g/mol. The van der Waals surface area contributed by atoms with Crippen molar-refractivity contribution in [2.24, 2.45) is 5.73 Å². The Bertz CT molecular complexity index is 750. The highest BCUT2D eigenvalue weighted by atomic mass is 32.1. The standard InChI is InChI=1S/C13H12N4OS2/c14-4-3-12-17-10(6-19-12)13(18)16-8-1-2-9-11(5-8)20-7-15-9/h1-2,5-7H,3-4,14H2,(H,16,18). The van der Waals surface area contributed by atoms with Crippen LogP contribution in [0.2, 0.25) is 0 Å². The summed E-state index contributed by atoms with van der Waals surface area (Å²) in [4.78, 5) is 20.6. The third-order valence-corrected chi connectivity index (χ3v) is 4.43. The lowest BCUT2D eigenvalue weighted by Crippen LogP contribution is -2.12. The zero-order chi connectivity index (χ0) is 13.9. The van der Waals surface area contributed by atoms with Gasteiger partial charge in [0.2, 0.25) is 0 Å². The first kappa shape index (κ1) is 13.2. The van der Waals surface area contributed by atoms with Crippen molar-refractivity contribution < 1.29 is 4.79 Å². The van der Waals surface area contributed by atoms with E-state index in [9.17, 15) is 4.79 Å². The third-order valence-electron chi connectivity index (χ3n) is 2.73. The topological polar surface area (TPSA) is 80.9 Å². The summed E-state index contributed by atoms with van der Waals surface area (Å²) in [5.74, 6) is -0.201. The molecule has 7 heteroatoms. The molecule has 2 aromatic heterocycles. The van der Waals surface area contributed by atoms with E-state index in [4.69, 9.17) is 5.73 Å². The zero-order valence-electron chi connectivity index (χ0n) is 10.5. The Hall–Kier alpha value is -1.83. The first-order valence-corrected chi connectivity index (χ1v) is 7.81. The summed E-state index contributed by atoms with van der Waals surface area (Å²) in [6.45, 7) is 0.538. The number of rotatable bonds is 4. The summed E-state index contributed by atoms with van der Waals surface area (Å²) >= 11 is 3.00. The minimum Gasteiger partial charge on any atom is -0.330 e. The smallest absolute Gasteiger partial charge is 0.275 e. The van der Waals surface area contributed by atoms with Crippen LogP contribution in [-0.2, 0) is 6.42 Å². The van der Waals surface area contributed by atoms with Gasteiger partial charge >= 0.3 is 0 Å². The fourth-order valence-corrected chi connectivity index (χ4v) is 3.29. The Morgan fingerprint density at radius 3 is 3.10 bits per heavy atom. The molecular formula is C13H12N4OS2. The molecule has 20 heavy (non-hydrogen) atoms. The fraction of sp³-hybridized carbons (Fsp3) is 0.154. The average Bonchev–Trinajstić information content (AvgIpc) is 3.07. The largest absolute Gasteiger partial charge is 0.330 e. The van der Waals surface area contributed by atoms with Gasteiger partial charge in [-0.2, -0.15) is 0 Å². The second-order valence-corrected chi connectivity index (χ2v) is 5.98. The maximum Gasteiger partial charge on any atom is 0.275 e. The van der Waals surface area contributed by atoms with Crippen LogP contribution in [0.3, 0.4) is 0 Å². The normalized spacial score (nSPS) is 10.8. The van der Waals surface area contributed by atoms with Crippen LogP contribution in [0.1, 0.15) is 15.5 Å². The fourth-order valence-electron chi connectivity index (χ4n) is 1.78. The van der Waals surface area contributed by atoms with Crippen molar-refractivity contribution in [1.82, 2.24) is 9.97 Å². The van der Waals surface area contributed by atoms with E-state index >= 15 is 0 Å². The van der Waals surface area contributed by atoms with E-state index in [1.807, 2.05) is 18.2 Å². The van der Waals surface area contributed by atoms with Crippen molar-refractivity contribution in [3.63, 3.8) is 0 Å². The van der Waals surface area contributed by atoms with Crippen molar-refractivity contribution in [3.05, 3.63) is 39.8 Å². The molecule has 3 aromatic rings. The summed E-state index contributed by atoms with van der Waals surface area (Å²) in [6.07, 6.45) is 0.699. The molecular weight excluding hydrogens is 292 g/mol. The molecule has 0 bridgehead atoms. The van der Waals surface area contributed by atoms with Crippen molar-refractivity contribution in [3.8, 4) is 0 Å². The number of thiazole rings is 2. The van der Waals surface area contributed by atoms with E-state index in [1.165, 1.54) is 11.3 Å². The van der Waals surface area contributed by atoms with Gasteiger partial charge in [0.25, 0.3) is 5.91 Å². The first-order valence-electron chi connectivity index (χ1n) is 6.05. The lowest BCUT2D eigenvalue weighted by Gasteiger charge is -2.02. The highest BCUT2D eigenvalue weighted by Crippen LogP contribution is 2.22. The van der Waals surface area contributed by atoms with Crippen molar-refractivity contribution in [1.29, 1.82) is 0 Å². The molecule has 0 aliphatic carbocycles. The van der Waals surface area contributed by atoms with Crippen LogP contribution in [0.5, 0.6) is 0 Å². The van der Waals surface area contributed by atoms with Gasteiger partial charge in [-0.3, -0.25) is 4.79 Å². The van der Waals surface area contributed by atoms with Gasteiger partial charge in [0.1, 0.15) is 5.69 Å². The molecule has 0 atom stereocenters. The van der Waals surface area contributed by atoms with Gasteiger partial charge in [-0.15, -0.1) is 22.7 Å². The van der Waals surface area contributed by atoms with Gasteiger partial charge in [0, 0.05) is 17.5 Å². The van der Waals surface area contributed by atoms with Crippen molar-refractivity contribution in [2.75, 3.05) is 11.9 Å². The van der Waals surface area contributed by atoms with Crippen LogP contribution in [0.4, 0.5) is 5.69 Å². The molecule has 0 fully saturated rings. The Morgan fingerprint density at radius 2 is 2.25 bits per heavy atom. The second kappa shape index (κ2) is 5.66. The summed E-state index contributed by atoms with van der Waals surface area (Å²) < 4.78 is 1.05. The van der Waals surface area contributed by atoms with Gasteiger partial charge in [-0.25, -0.2) is 9.97 Å². The number of hydrogen-bond acceptors (Lipinski definition) is 6. The highest BCUT2D eigenvalue weighted by Gasteiger charge is 2.11. The molecule has 1 aromatic carbocycles. The summed E-state index contributed by atoms with van der Waals surface area (Å²) in [5.41, 5.74) is 9.38. The van der Waals surface area contributed by atoms with E-state index in [0.717, 1.165) is 20.9 Å². The molecule has 0 saturated carbocycles. The lowest BCUT2D eigenvalue weighted by atomic mass is 10.3. The van der Waals surface area contributed by atoms with Gasteiger partial charge < -0.3 is 11.1 Å². The highest BCUT2D eigenvalue weighted by molar-refractivity contribution is 7.16. The summed E-state index contributed by atoms with van der Waals surface area (Å²) in [6, 6.07) is 5.65.